The first-order chi connectivity index (χ1) is 5.27. The minimum absolute atomic E-state index is 0.0613. The van der Waals surface area contributed by atoms with E-state index in [1.807, 2.05) is 6.07 Å². The molecule has 0 rings (SSSR count). The van der Waals surface area contributed by atoms with Crippen molar-refractivity contribution in [1.82, 2.24) is 5.32 Å². The van der Waals surface area contributed by atoms with Gasteiger partial charge in [0.15, 0.2) is 0 Å². The Labute approximate surface area is 65.1 Å². The number of nitriles is 1. The largest absolute Gasteiger partial charge is 0.370 e. The predicted molar refractivity (Wildman–Crippen MR) is 38.5 cm³/mol. The van der Waals surface area contributed by atoms with Gasteiger partial charge < -0.3 is 15.8 Å². The average molecular weight is 157 g/mol. The lowest BCUT2D eigenvalue weighted by Crippen LogP contribution is -2.24. The first-order valence-corrected chi connectivity index (χ1v) is 3.21. The number of rotatable bonds is 6. The molecule has 0 atom stereocenters. The Morgan fingerprint density at radius 3 is 3.00 bits per heavy atom. The van der Waals surface area contributed by atoms with Crippen LogP contribution in [-0.4, -0.2) is 32.2 Å². The van der Waals surface area contributed by atoms with Gasteiger partial charge in [0.1, 0.15) is 6.61 Å². The van der Waals surface area contributed by atoms with Gasteiger partial charge in [-0.3, -0.25) is 4.79 Å². The van der Waals surface area contributed by atoms with E-state index < -0.39 is 5.91 Å². The van der Waals surface area contributed by atoms with Crippen LogP contribution in [-0.2, 0) is 9.53 Å². The monoisotopic (exact) mass is 157 g/mol. The molecule has 1 amide bonds. The number of amides is 1. The minimum atomic E-state index is -0.481. The van der Waals surface area contributed by atoms with Crippen molar-refractivity contribution >= 4 is 5.91 Å². The third-order valence-corrected chi connectivity index (χ3v) is 0.872. The highest BCUT2D eigenvalue weighted by molar-refractivity contribution is 5.74. The molecule has 0 aliphatic rings. The summed E-state index contributed by atoms with van der Waals surface area (Å²) < 4.78 is 4.80. The van der Waals surface area contributed by atoms with E-state index in [9.17, 15) is 4.79 Å². The number of ether oxygens (including phenoxy) is 1. The molecular weight excluding hydrogens is 146 g/mol. The van der Waals surface area contributed by atoms with Crippen LogP contribution in [0.5, 0.6) is 0 Å². The van der Waals surface area contributed by atoms with E-state index in [-0.39, 0.29) is 6.61 Å². The number of nitrogens with zero attached hydrogens (tertiary/aromatic N) is 1. The maximum Gasteiger partial charge on any atom is 0.243 e. The van der Waals surface area contributed by atoms with Gasteiger partial charge in [-0.2, -0.15) is 5.26 Å². The number of nitrogens with one attached hydrogen (secondary N) is 1. The summed E-state index contributed by atoms with van der Waals surface area (Å²) in [6.45, 7) is 1.18. The van der Waals surface area contributed by atoms with Crippen molar-refractivity contribution in [3.05, 3.63) is 0 Å². The Balaban J connectivity index is 2.92. The molecule has 0 aromatic carbocycles. The summed E-state index contributed by atoms with van der Waals surface area (Å²) in [5.41, 5.74) is 4.80. The Hall–Kier alpha value is -1.12. The quantitative estimate of drug-likeness (QED) is 0.366. The topological polar surface area (TPSA) is 88.1 Å². The molecule has 3 N–H and O–H groups in total. The lowest BCUT2D eigenvalue weighted by Gasteiger charge is -2.00. The zero-order valence-corrected chi connectivity index (χ0v) is 6.17. The molecule has 0 aliphatic heterocycles. The van der Waals surface area contributed by atoms with Crippen molar-refractivity contribution in [3.63, 3.8) is 0 Å². The van der Waals surface area contributed by atoms with E-state index in [4.69, 9.17) is 15.7 Å². The maximum absolute atomic E-state index is 10.1. The van der Waals surface area contributed by atoms with Crippen LogP contribution in [0.25, 0.3) is 0 Å². The van der Waals surface area contributed by atoms with Crippen LogP contribution in [0.2, 0.25) is 0 Å². The Kier molecular flexibility index (Phi) is 6.28. The summed E-state index contributed by atoms with van der Waals surface area (Å²) in [5, 5.41) is 10.9. The highest BCUT2D eigenvalue weighted by Gasteiger charge is 1.92. The molecule has 62 valence electrons. The number of primary amides is 1. The fraction of sp³-hybridized carbons (Fsp3) is 0.667. The second kappa shape index (κ2) is 6.99. The maximum atomic E-state index is 10.1. The van der Waals surface area contributed by atoms with Crippen LogP contribution in [0.15, 0.2) is 0 Å². The SMILES string of the molecule is N#CCNCCOCC(N)=O. The lowest BCUT2D eigenvalue weighted by molar-refractivity contribution is -0.122. The van der Waals surface area contributed by atoms with E-state index >= 15 is 0 Å². The number of nitrogens with two attached hydrogens (primary N) is 1. The molecule has 0 spiro atoms. The summed E-state index contributed by atoms with van der Waals surface area (Å²) in [7, 11) is 0. The van der Waals surface area contributed by atoms with Crippen molar-refractivity contribution < 1.29 is 9.53 Å². The van der Waals surface area contributed by atoms with E-state index in [0.717, 1.165) is 0 Å². The van der Waals surface area contributed by atoms with Crippen molar-refractivity contribution in [1.29, 1.82) is 5.26 Å². The summed E-state index contributed by atoms with van der Waals surface area (Å²) in [5.74, 6) is -0.481. The molecular formula is C6H11N3O2. The molecule has 0 fully saturated rings. The first kappa shape index (κ1) is 9.88. The first-order valence-electron chi connectivity index (χ1n) is 3.21. The van der Waals surface area contributed by atoms with Crippen LogP contribution in [0.3, 0.4) is 0 Å². The van der Waals surface area contributed by atoms with Gasteiger partial charge in [0.25, 0.3) is 0 Å². The Bertz CT molecular complexity index is 152. The zero-order valence-electron chi connectivity index (χ0n) is 6.17. The number of hydrogen-bond donors (Lipinski definition) is 2. The molecule has 5 nitrogen and oxygen atoms in total. The van der Waals surface area contributed by atoms with Crippen LogP contribution in [0.4, 0.5) is 0 Å². The van der Waals surface area contributed by atoms with E-state index in [1.165, 1.54) is 0 Å². The molecule has 0 radical (unpaired) electrons. The summed E-state index contributed by atoms with van der Waals surface area (Å²) in [4.78, 5) is 10.1. The Morgan fingerprint density at radius 1 is 1.73 bits per heavy atom. The van der Waals surface area contributed by atoms with E-state index in [1.54, 1.807) is 0 Å². The zero-order chi connectivity index (χ0) is 8.53. The molecule has 0 aromatic rings. The lowest BCUT2D eigenvalue weighted by atomic mass is 10.6. The molecule has 0 aromatic heterocycles. The molecule has 0 aliphatic carbocycles. The molecule has 5 heteroatoms. The summed E-state index contributed by atoms with van der Waals surface area (Å²) >= 11 is 0. The van der Waals surface area contributed by atoms with Gasteiger partial charge in [-0.15, -0.1) is 0 Å². The van der Waals surface area contributed by atoms with Gasteiger partial charge in [0, 0.05) is 6.54 Å². The van der Waals surface area contributed by atoms with Crippen LogP contribution in [0.1, 0.15) is 0 Å². The molecule has 0 unspecified atom stereocenters. The number of hydrogen-bond acceptors (Lipinski definition) is 4. The van der Waals surface area contributed by atoms with Crippen LogP contribution >= 0.6 is 0 Å². The van der Waals surface area contributed by atoms with Crippen molar-refractivity contribution in [3.8, 4) is 6.07 Å². The van der Waals surface area contributed by atoms with Crippen LogP contribution < -0.4 is 11.1 Å². The van der Waals surface area contributed by atoms with Gasteiger partial charge in [-0.1, -0.05) is 0 Å². The second-order valence-electron chi connectivity index (χ2n) is 1.85. The second-order valence-corrected chi connectivity index (χ2v) is 1.85. The highest BCUT2D eigenvalue weighted by Crippen LogP contribution is 1.70. The third-order valence-electron chi connectivity index (χ3n) is 0.872. The average Bonchev–Trinajstić information content (AvgIpc) is 1.96. The van der Waals surface area contributed by atoms with Gasteiger partial charge in [-0.25, -0.2) is 0 Å². The smallest absolute Gasteiger partial charge is 0.243 e. The Morgan fingerprint density at radius 2 is 2.45 bits per heavy atom. The summed E-state index contributed by atoms with van der Waals surface area (Å²) in [6.07, 6.45) is 0. The van der Waals surface area contributed by atoms with E-state index in [0.29, 0.717) is 19.7 Å². The van der Waals surface area contributed by atoms with Crippen molar-refractivity contribution in [2.24, 2.45) is 5.73 Å². The fourth-order valence-corrected chi connectivity index (χ4v) is 0.461. The van der Waals surface area contributed by atoms with Gasteiger partial charge in [0.05, 0.1) is 19.2 Å². The third kappa shape index (κ3) is 8.88. The summed E-state index contributed by atoms with van der Waals surface area (Å²) in [6, 6.07) is 1.91. The fourth-order valence-electron chi connectivity index (χ4n) is 0.461. The molecule has 0 saturated heterocycles. The van der Waals surface area contributed by atoms with Gasteiger partial charge in [-0.05, 0) is 0 Å². The van der Waals surface area contributed by atoms with Crippen molar-refractivity contribution in [2.45, 2.75) is 0 Å². The van der Waals surface area contributed by atoms with Crippen molar-refractivity contribution in [2.75, 3.05) is 26.3 Å². The molecule has 11 heavy (non-hydrogen) atoms. The normalized spacial score (nSPS) is 9.00. The standard InChI is InChI=1S/C6H11N3O2/c7-1-2-9-3-4-11-5-6(8)10/h9H,2-5H2,(H2,8,10). The number of carbonyl (C=O) groups excluding carboxylic acids is 1. The van der Waals surface area contributed by atoms with Crippen LogP contribution in [0, 0.1) is 11.3 Å². The van der Waals surface area contributed by atoms with E-state index in [2.05, 4.69) is 5.32 Å². The number of carbonyl (C=O) groups is 1. The molecule has 0 heterocycles. The van der Waals surface area contributed by atoms with Gasteiger partial charge >= 0.3 is 0 Å². The molecule has 0 bridgehead atoms. The predicted octanol–water partition coefficient (Wildman–Crippen LogP) is -1.40. The van der Waals surface area contributed by atoms with Gasteiger partial charge in [0.2, 0.25) is 5.91 Å². The minimum Gasteiger partial charge on any atom is -0.370 e. The highest BCUT2D eigenvalue weighted by atomic mass is 16.5. The molecule has 0 saturated carbocycles.